The predicted molar refractivity (Wildman–Crippen MR) is 95.0 cm³/mol. The van der Waals surface area contributed by atoms with Gasteiger partial charge in [-0.25, -0.2) is 9.78 Å². The van der Waals surface area contributed by atoms with E-state index >= 15 is 0 Å². The molecule has 7 nitrogen and oxygen atoms in total. The molecule has 0 spiro atoms. The van der Waals surface area contributed by atoms with Crippen LogP contribution in [0, 0.1) is 0 Å². The Balaban J connectivity index is 1.81. The highest BCUT2D eigenvalue weighted by Crippen LogP contribution is 2.33. The predicted octanol–water partition coefficient (Wildman–Crippen LogP) is 2.39. The van der Waals surface area contributed by atoms with Gasteiger partial charge in [0.05, 0.1) is 25.6 Å². The fourth-order valence-electron chi connectivity index (χ4n) is 2.95. The largest absolute Gasteiger partial charge is 0.469 e. The van der Waals surface area contributed by atoms with Crippen molar-refractivity contribution in [3.63, 3.8) is 0 Å². The Morgan fingerprint density at radius 1 is 1.40 bits per heavy atom. The van der Waals surface area contributed by atoms with E-state index in [-0.39, 0.29) is 31.0 Å². The molecule has 2 N–H and O–H groups in total. The fraction of sp³-hybridized carbons (Fsp3) is 0.353. The third-order valence-corrected chi connectivity index (χ3v) is 4.73. The molecule has 0 unspecified atom stereocenters. The number of amides is 2. The molecule has 0 saturated carbocycles. The molecular weight excluding hydrogens is 388 g/mol. The van der Waals surface area contributed by atoms with Gasteiger partial charge in [0.1, 0.15) is 6.04 Å². The van der Waals surface area contributed by atoms with Crippen molar-refractivity contribution in [1.82, 2.24) is 20.2 Å². The first-order valence-corrected chi connectivity index (χ1v) is 8.78. The van der Waals surface area contributed by atoms with Crippen LogP contribution in [-0.4, -0.2) is 47.1 Å². The van der Waals surface area contributed by atoms with Crippen molar-refractivity contribution < 1.29 is 14.3 Å². The smallest absolute Gasteiger partial charge is 0.318 e. The summed E-state index contributed by atoms with van der Waals surface area (Å²) in [5, 5.41) is 2.79. The molecule has 1 aliphatic heterocycles. The zero-order chi connectivity index (χ0) is 17.8. The average molecular weight is 407 g/mol. The number of nitrogens with one attached hydrogen (secondary N) is 2. The third kappa shape index (κ3) is 3.84. The van der Waals surface area contributed by atoms with E-state index in [4.69, 9.17) is 0 Å². The van der Waals surface area contributed by atoms with E-state index in [9.17, 15) is 9.59 Å². The van der Waals surface area contributed by atoms with E-state index in [1.165, 1.54) is 7.11 Å². The minimum Gasteiger partial charge on any atom is -0.469 e. The minimum absolute atomic E-state index is 0.146. The number of benzene rings is 1. The minimum atomic E-state index is -0.349. The number of esters is 1. The van der Waals surface area contributed by atoms with E-state index in [1.54, 1.807) is 11.2 Å². The lowest BCUT2D eigenvalue weighted by Crippen LogP contribution is -2.46. The molecule has 2 aromatic rings. The van der Waals surface area contributed by atoms with E-state index in [0.717, 1.165) is 21.4 Å². The van der Waals surface area contributed by atoms with Gasteiger partial charge in [-0.1, -0.05) is 28.1 Å². The maximum absolute atomic E-state index is 12.7. The Labute approximate surface area is 153 Å². The quantitative estimate of drug-likeness (QED) is 0.763. The molecule has 1 aromatic carbocycles. The number of hydrogen-bond donors (Lipinski definition) is 2. The van der Waals surface area contributed by atoms with Crippen LogP contribution in [-0.2, 0) is 16.0 Å². The lowest BCUT2D eigenvalue weighted by Gasteiger charge is -2.35. The highest BCUT2D eigenvalue weighted by atomic mass is 79.9. The topological polar surface area (TPSA) is 87.3 Å². The summed E-state index contributed by atoms with van der Waals surface area (Å²) in [5.41, 5.74) is 2.89. The van der Waals surface area contributed by atoms with Crippen LogP contribution in [0.1, 0.15) is 29.4 Å². The van der Waals surface area contributed by atoms with Gasteiger partial charge in [-0.2, -0.15) is 0 Å². The van der Waals surface area contributed by atoms with Crippen molar-refractivity contribution >= 4 is 27.9 Å². The monoisotopic (exact) mass is 406 g/mol. The molecule has 132 valence electrons. The van der Waals surface area contributed by atoms with Crippen LogP contribution in [0.3, 0.4) is 0 Å². The molecule has 0 saturated heterocycles. The molecule has 0 fully saturated rings. The summed E-state index contributed by atoms with van der Waals surface area (Å²) in [4.78, 5) is 33.2. The van der Waals surface area contributed by atoms with Crippen LogP contribution >= 0.6 is 15.9 Å². The second-order valence-electron chi connectivity index (χ2n) is 5.72. The maximum Gasteiger partial charge on any atom is 0.318 e. The Morgan fingerprint density at radius 3 is 2.88 bits per heavy atom. The van der Waals surface area contributed by atoms with E-state index in [2.05, 4.69) is 36.0 Å². The lowest BCUT2D eigenvalue weighted by atomic mass is 9.96. The number of rotatable bonds is 4. The summed E-state index contributed by atoms with van der Waals surface area (Å²) in [6.45, 7) is 0.808. The molecule has 0 radical (unpaired) electrons. The Bertz CT molecular complexity index is 760. The molecule has 2 heterocycles. The highest BCUT2D eigenvalue weighted by molar-refractivity contribution is 9.10. The molecular formula is C17H19BrN4O3. The second kappa shape index (κ2) is 7.69. The summed E-state index contributed by atoms with van der Waals surface area (Å²) in [5.74, 6) is -0.349. The number of carbonyl (C=O) groups is 2. The molecule has 1 atom stereocenters. The molecule has 0 bridgehead atoms. The molecule has 25 heavy (non-hydrogen) atoms. The first-order chi connectivity index (χ1) is 12.1. The van der Waals surface area contributed by atoms with Gasteiger partial charge in [0, 0.05) is 29.7 Å². The average Bonchev–Trinajstić information content (AvgIpc) is 3.10. The van der Waals surface area contributed by atoms with Crippen molar-refractivity contribution in [3.05, 3.63) is 52.0 Å². The van der Waals surface area contributed by atoms with Crippen molar-refractivity contribution in [2.45, 2.75) is 18.9 Å². The van der Waals surface area contributed by atoms with Gasteiger partial charge in [0.2, 0.25) is 0 Å². The molecule has 1 aromatic heterocycles. The number of carbonyl (C=O) groups excluding carboxylic acids is 2. The van der Waals surface area contributed by atoms with Gasteiger partial charge in [-0.05, 0) is 17.7 Å². The molecule has 0 aliphatic carbocycles. The van der Waals surface area contributed by atoms with Crippen molar-refractivity contribution in [2.75, 3.05) is 20.2 Å². The van der Waals surface area contributed by atoms with Crippen LogP contribution < -0.4 is 5.32 Å². The maximum atomic E-state index is 12.7. The van der Waals surface area contributed by atoms with Gasteiger partial charge < -0.3 is 19.9 Å². The molecule has 1 aliphatic rings. The number of ether oxygens (including phenoxy) is 1. The summed E-state index contributed by atoms with van der Waals surface area (Å²) >= 11 is 3.43. The summed E-state index contributed by atoms with van der Waals surface area (Å²) < 4.78 is 5.57. The number of aromatic nitrogens is 2. The number of hydrogen-bond acceptors (Lipinski definition) is 4. The number of aromatic amines is 1. The number of halogens is 1. The highest BCUT2D eigenvalue weighted by Gasteiger charge is 2.33. The normalized spacial score (nSPS) is 16.2. The van der Waals surface area contributed by atoms with Gasteiger partial charge in [-0.3, -0.25) is 4.79 Å². The van der Waals surface area contributed by atoms with Gasteiger partial charge in [-0.15, -0.1) is 0 Å². The number of methoxy groups -OCH3 is 1. The Hall–Kier alpha value is -2.35. The number of fused-ring (bicyclic) bond motifs is 1. The number of imidazole rings is 1. The molecule has 2 amide bonds. The van der Waals surface area contributed by atoms with E-state index in [1.807, 2.05) is 24.3 Å². The fourth-order valence-corrected chi connectivity index (χ4v) is 3.22. The standard InChI is InChI=1S/C17H19BrN4O3/c1-25-14(23)6-8-19-17(24)22-9-7-13-15(21-10-20-13)16(22)11-2-4-12(18)5-3-11/h2-5,10,16H,6-9H2,1H3,(H,19,24)(H,20,21)/t16-/m0/s1. The zero-order valence-electron chi connectivity index (χ0n) is 13.8. The van der Waals surface area contributed by atoms with Crippen LogP contribution in [0.15, 0.2) is 35.1 Å². The van der Waals surface area contributed by atoms with Gasteiger partial charge in [0.15, 0.2) is 0 Å². The van der Waals surface area contributed by atoms with Crippen LogP contribution in [0.2, 0.25) is 0 Å². The summed E-state index contributed by atoms with van der Waals surface area (Å²) in [7, 11) is 1.33. The lowest BCUT2D eigenvalue weighted by molar-refractivity contribution is -0.140. The van der Waals surface area contributed by atoms with Crippen molar-refractivity contribution in [3.8, 4) is 0 Å². The Kier molecular flexibility index (Phi) is 5.37. The summed E-state index contributed by atoms with van der Waals surface area (Å²) in [6, 6.07) is 7.37. The Morgan fingerprint density at radius 2 is 2.16 bits per heavy atom. The molecule has 8 heteroatoms. The van der Waals surface area contributed by atoms with Crippen LogP contribution in [0.4, 0.5) is 4.79 Å². The SMILES string of the molecule is COC(=O)CCNC(=O)N1CCc2[nH]cnc2[C@@H]1c1ccc(Br)cc1. The van der Waals surface area contributed by atoms with E-state index < -0.39 is 0 Å². The number of nitrogens with zero attached hydrogens (tertiary/aromatic N) is 2. The number of urea groups is 1. The van der Waals surface area contributed by atoms with Gasteiger partial charge in [0.25, 0.3) is 0 Å². The van der Waals surface area contributed by atoms with Crippen LogP contribution in [0.5, 0.6) is 0 Å². The first kappa shape index (κ1) is 17.5. The summed E-state index contributed by atoms with van der Waals surface area (Å²) in [6.07, 6.45) is 2.52. The van der Waals surface area contributed by atoms with E-state index in [0.29, 0.717) is 13.0 Å². The number of H-pyrrole nitrogens is 1. The first-order valence-electron chi connectivity index (χ1n) is 7.99. The third-order valence-electron chi connectivity index (χ3n) is 4.20. The van der Waals surface area contributed by atoms with Gasteiger partial charge >= 0.3 is 12.0 Å². The second-order valence-corrected chi connectivity index (χ2v) is 6.64. The zero-order valence-corrected chi connectivity index (χ0v) is 15.4. The van der Waals surface area contributed by atoms with Crippen molar-refractivity contribution in [1.29, 1.82) is 0 Å². The van der Waals surface area contributed by atoms with Crippen LogP contribution in [0.25, 0.3) is 0 Å². The van der Waals surface area contributed by atoms with Crippen molar-refractivity contribution in [2.24, 2.45) is 0 Å². The molecule has 3 rings (SSSR count).